The number of nitrogens with zero attached hydrogens (tertiary/aromatic N) is 3. The fourth-order valence-corrected chi connectivity index (χ4v) is 1.84. The highest BCUT2D eigenvalue weighted by Crippen LogP contribution is 2.23. The van der Waals surface area contributed by atoms with Gasteiger partial charge in [-0.05, 0) is 18.6 Å². The van der Waals surface area contributed by atoms with Crippen molar-refractivity contribution in [3.05, 3.63) is 30.6 Å². The van der Waals surface area contributed by atoms with Gasteiger partial charge in [-0.15, -0.1) is 0 Å². The Bertz CT molecular complexity index is 437. The van der Waals surface area contributed by atoms with E-state index in [0.717, 1.165) is 36.6 Å². The van der Waals surface area contributed by atoms with E-state index in [9.17, 15) is 0 Å². The molecule has 0 saturated carbocycles. The summed E-state index contributed by atoms with van der Waals surface area (Å²) in [5, 5.41) is 7.89. The summed E-state index contributed by atoms with van der Waals surface area (Å²) in [6.45, 7) is 2.05. The van der Waals surface area contributed by atoms with Gasteiger partial charge in [-0.3, -0.25) is 4.98 Å². The van der Waals surface area contributed by atoms with Crippen LogP contribution < -0.4 is 5.32 Å². The zero-order valence-corrected chi connectivity index (χ0v) is 8.35. The van der Waals surface area contributed by atoms with Crippen molar-refractivity contribution in [2.45, 2.75) is 13.0 Å². The molecule has 0 bridgehead atoms. The van der Waals surface area contributed by atoms with E-state index in [0.29, 0.717) is 0 Å². The second-order valence-corrected chi connectivity index (χ2v) is 3.65. The summed E-state index contributed by atoms with van der Waals surface area (Å²) in [5.74, 6) is 1.12. The number of aromatic nitrogens is 3. The van der Waals surface area contributed by atoms with Crippen molar-refractivity contribution in [2.75, 3.05) is 11.9 Å². The molecule has 0 unspecified atom stereocenters. The first kappa shape index (κ1) is 8.47. The topological polar surface area (TPSA) is 42.7 Å². The first-order valence-electron chi connectivity index (χ1n) is 5.15. The quantitative estimate of drug-likeness (QED) is 0.762. The molecule has 0 spiro atoms. The van der Waals surface area contributed by atoms with E-state index < -0.39 is 0 Å². The van der Waals surface area contributed by atoms with Gasteiger partial charge in [-0.25, -0.2) is 4.68 Å². The highest BCUT2D eigenvalue weighted by atomic mass is 15.3. The molecule has 0 amide bonds. The van der Waals surface area contributed by atoms with Gasteiger partial charge in [-0.2, -0.15) is 5.10 Å². The Hall–Kier alpha value is -1.84. The smallest absolute Gasteiger partial charge is 0.124 e. The van der Waals surface area contributed by atoms with Crippen LogP contribution in [-0.2, 0) is 6.54 Å². The third-order valence-corrected chi connectivity index (χ3v) is 2.61. The third kappa shape index (κ3) is 1.48. The summed E-state index contributed by atoms with van der Waals surface area (Å²) in [7, 11) is 0. The molecule has 15 heavy (non-hydrogen) atoms. The third-order valence-electron chi connectivity index (χ3n) is 2.61. The zero-order chi connectivity index (χ0) is 10.1. The van der Waals surface area contributed by atoms with E-state index in [1.165, 1.54) is 0 Å². The molecule has 1 N–H and O–H groups in total. The molecule has 0 aliphatic carbocycles. The Labute approximate surface area is 88.0 Å². The van der Waals surface area contributed by atoms with E-state index >= 15 is 0 Å². The van der Waals surface area contributed by atoms with Gasteiger partial charge >= 0.3 is 0 Å². The molecule has 0 aromatic carbocycles. The van der Waals surface area contributed by atoms with Gasteiger partial charge in [0, 0.05) is 37.1 Å². The number of rotatable bonds is 1. The molecule has 0 saturated heterocycles. The lowest BCUT2D eigenvalue weighted by molar-refractivity contribution is 0.569. The lowest BCUT2D eigenvalue weighted by atomic mass is 10.2. The van der Waals surface area contributed by atoms with Crippen molar-refractivity contribution in [3.63, 3.8) is 0 Å². The first-order valence-corrected chi connectivity index (χ1v) is 5.15. The SMILES string of the molecule is c1cc(-c2cc3n(n2)CCCN3)ccn1. The summed E-state index contributed by atoms with van der Waals surface area (Å²) >= 11 is 0. The van der Waals surface area contributed by atoms with E-state index in [1.807, 2.05) is 16.8 Å². The standard InChI is InChI=1S/C11H12N4/c1-4-13-11-8-10(14-15(11)7-1)9-2-5-12-6-3-9/h2-3,5-6,8,13H,1,4,7H2. The second kappa shape index (κ2) is 3.38. The van der Waals surface area contributed by atoms with Crippen LogP contribution in [0.3, 0.4) is 0 Å². The van der Waals surface area contributed by atoms with E-state index in [4.69, 9.17) is 0 Å². The predicted octanol–water partition coefficient (Wildman–Crippen LogP) is 1.76. The molecule has 76 valence electrons. The van der Waals surface area contributed by atoms with Crippen molar-refractivity contribution < 1.29 is 0 Å². The van der Waals surface area contributed by atoms with Gasteiger partial charge in [0.25, 0.3) is 0 Å². The number of pyridine rings is 1. The van der Waals surface area contributed by atoms with Crippen LogP contribution in [0, 0.1) is 0 Å². The van der Waals surface area contributed by atoms with Crippen molar-refractivity contribution in [1.82, 2.24) is 14.8 Å². The maximum absolute atomic E-state index is 4.55. The van der Waals surface area contributed by atoms with Crippen molar-refractivity contribution in [3.8, 4) is 11.3 Å². The van der Waals surface area contributed by atoms with E-state index in [2.05, 4.69) is 21.5 Å². The maximum atomic E-state index is 4.55. The number of nitrogens with one attached hydrogen (secondary N) is 1. The van der Waals surface area contributed by atoms with Crippen molar-refractivity contribution >= 4 is 5.82 Å². The predicted molar refractivity (Wildman–Crippen MR) is 58.6 cm³/mol. The second-order valence-electron chi connectivity index (χ2n) is 3.65. The monoisotopic (exact) mass is 200 g/mol. The van der Waals surface area contributed by atoms with Gasteiger partial charge in [0.1, 0.15) is 5.82 Å². The van der Waals surface area contributed by atoms with Crippen LogP contribution in [0.5, 0.6) is 0 Å². The Balaban J connectivity index is 2.03. The van der Waals surface area contributed by atoms with Crippen LogP contribution in [0.4, 0.5) is 5.82 Å². The molecule has 2 aromatic rings. The molecule has 3 rings (SSSR count). The lowest BCUT2D eigenvalue weighted by Crippen LogP contribution is -2.17. The van der Waals surface area contributed by atoms with Gasteiger partial charge in [0.2, 0.25) is 0 Å². The first-order chi connectivity index (χ1) is 7.43. The Kier molecular flexibility index (Phi) is 1.91. The van der Waals surface area contributed by atoms with Crippen molar-refractivity contribution in [1.29, 1.82) is 0 Å². The van der Waals surface area contributed by atoms with Gasteiger partial charge in [0.05, 0.1) is 5.69 Å². The number of anilines is 1. The molecule has 0 atom stereocenters. The minimum absolute atomic E-state index is 1.01. The lowest BCUT2D eigenvalue weighted by Gasteiger charge is -2.14. The molecule has 1 aliphatic heterocycles. The van der Waals surface area contributed by atoms with Crippen LogP contribution in [0.15, 0.2) is 30.6 Å². The number of hydrogen-bond donors (Lipinski definition) is 1. The molecule has 4 nitrogen and oxygen atoms in total. The molecule has 3 heterocycles. The van der Waals surface area contributed by atoms with Gasteiger partial charge in [-0.1, -0.05) is 0 Å². The summed E-state index contributed by atoms with van der Waals surface area (Å²) in [6, 6.07) is 6.05. The molecule has 4 heteroatoms. The number of hydrogen-bond acceptors (Lipinski definition) is 3. The van der Waals surface area contributed by atoms with E-state index in [-0.39, 0.29) is 0 Å². The molecule has 1 aliphatic rings. The molecule has 0 radical (unpaired) electrons. The largest absolute Gasteiger partial charge is 0.370 e. The fraction of sp³-hybridized carbons (Fsp3) is 0.273. The highest BCUT2D eigenvalue weighted by Gasteiger charge is 2.11. The van der Waals surface area contributed by atoms with Crippen LogP contribution in [-0.4, -0.2) is 21.3 Å². The minimum atomic E-state index is 1.01. The number of aryl methyl sites for hydroxylation is 1. The van der Waals surface area contributed by atoms with Crippen LogP contribution in [0.2, 0.25) is 0 Å². The summed E-state index contributed by atoms with van der Waals surface area (Å²) in [4.78, 5) is 4.00. The average Bonchev–Trinajstić information content (AvgIpc) is 2.74. The summed E-state index contributed by atoms with van der Waals surface area (Å²) in [5.41, 5.74) is 2.13. The maximum Gasteiger partial charge on any atom is 0.124 e. The van der Waals surface area contributed by atoms with Crippen molar-refractivity contribution in [2.24, 2.45) is 0 Å². The highest BCUT2D eigenvalue weighted by molar-refractivity contribution is 5.62. The van der Waals surface area contributed by atoms with Crippen LogP contribution >= 0.6 is 0 Å². The Morgan fingerprint density at radius 1 is 1.27 bits per heavy atom. The molecule has 0 fully saturated rings. The van der Waals surface area contributed by atoms with Gasteiger partial charge < -0.3 is 5.32 Å². The zero-order valence-electron chi connectivity index (χ0n) is 8.35. The van der Waals surface area contributed by atoms with Crippen LogP contribution in [0.25, 0.3) is 11.3 Å². The van der Waals surface area contributed by atoms with Gasteiger partial charge in [0.15, 0.2) is 0 Å². The normalized spacial score (nSPS) is 14.4. The fourth-order valence-electron chi connectivity index (χ4n) is 1.84. The average molecular weight is 200 g/mol. The number of fused-ring (bicyclic) bond motifs is 1. The Morgan fingerprint density at radius 2 is 2.13 bits per heavy atom. The summed E-state index contributed by atoms with van der Waals surface area (Å²) in [6.07, 6.45) is 4.73. The Morgan fingerprint density at radius 3 is 2.93 bits per heavy atom. The summed E-state index contributed by atoms with van der Waals surface area (Å²) < 4.78 is 2.03. The minimum Gasteiger partial charge on any atom is -0.370 e. The molecule has 2 aromatic heterocycles. The molecular formula is C11H12N4. The van der Waals surface area contributed by atoms with Crippen LogP contribution in [0.1, 0.15) is 6.42 Å². The molecular weight excluding hydrogens is 188 g/mol. The van der Waals surface area contributed by atoms with E-state index in [1.54, 1.807) is 12.4 Å².